The molecule has 20 heavy (non-hydrogen) atoms. The largest absolute Gasteiger partial charge is 0.494 e. The van der Waals surface area contributed by atoms with Crippen LogP contribution in [0.4, 0.5) is 0 Å². The van der Waals surface area contributed by atoms with E-state index >= 15 is 0 Å². The lowest BCUT2D eigenvalue weighted by Gasteiger charge is -2.03. The van der Waals surface area contributed by atoms with Gasteiger partial charge < -0.3 is 9.84 Å². The fraction of sp³-hybridized carbons (Fsp3) is 0.118. The van der Waals surface area contributed by atoms with Gasteiger partial charge in [0.15, 0.2) is 0 Å². The fourth-order valence-electron chi connectivity index (χ4n) is 1.86. The Labute approximate surface area is 118 Å². The minimum Gasteiger partial charge on any atom is -0.494 e. The molecule has 0 aliphatic heterocycles. The van der Waals surface area contributed by atoms with Crippen molar-refractivity contribution in [1.29, 1.82) is 0 Å². The van der Waals surface area contributed by atoms with E-state index in [-0.39, 0.29) is 0 Å². The third-order valence-electron chi connectivity index (χ3n) is 2.84. The second-order valence-corrected chi connectivity index (χ2v) is 4.23. The molecule has 0 bridgehead atoms. The first-order chi connectivity index (χ1) is 9.70. The maximum absolute atomic E-state index is 11.1. The van der Waals surface area contributed by atoms with Crippen LogP contribution in [0.2, 0.25) is 0 Å². The molecule has 0 heterocycles. The molecule has 0 spiro atoms. The highest BCUT2D eigenvalue weighted by Crippen LogP contribution is 2.16. The van der Waals surface area contributed by atoms with Crippen LogP contribution in [-0.2, 0) is 0 Å². The Morgan fingerprint density at radius 1 is 1.10 bits per heavy atom. The van der Waals surface area contributed by atoms with E-state index in [0.717, 1.165) is 11.3 Å². The number of carboxylic acid groups (broad SMARTS) is 1. The van der Waals surface area contributed by atoms with E-state index in [9.17, 15) is 4.79 Å². The van der Waals surface area contributed by atoms with Gasteiger partial charge in [0.2, 0.25) is 0 Å². The summed E-state index contributed by atoms with van der Waals surface area (Å²) in [5.74, 6) is -0.0903. The van der Waals surface area contributed by atoms with Gasteiger partial charge in [0.1, 0.15) is 5.75 Å². The van der Waals surface area contributed by atoms with Gasteiger partial charge >= 0.3 is 5.97 Å². The fourth-order valence-corrected chi connectivity index (χ4v) is 1.86. The molecule has 0 saturated carbocycles. The molecule has 0 atom stereocenters. The van der Waals surface area contributed by atoms with E-state index in [2.05, 4.69) is 0 Å². The number of hydrogen-bond acceptors (Lipinski definition) is 2. The first-order valence-corrected chi connectivity index (χ1v) is 6.44. The molecule has 0 saturated heterocycles. The summed E-state index contributed by atoms with van der Waals surface area (Å²) in [6, 6.07) is 14.6. The summed E-state index contributed by atoms with van der Waals surface area (Å²) in [4.78, 5) is 11.1. The maximum atomic E-state index is 11.1. The molecular weight excluding hydrogens is 252 g/mol. The van der Waals surface area contributed by atoms with Crippen molar-refractivity contribution in [2.24, 2.45) is 0 Å². The molecule has 3 nitrogen and oxygen atoms in total. The second kappa shape index (κ2) is 6.57. The number of benzene rings is 2. The summed E-state index contributed by atoms with van der Waals surface area (Å²) in [7, 11) is 0. The topological polar surface area (TPSA) is 46.5 Å². The molecule has 0 unspecified atom stereocenters. The number of hydrogen-bond donors (Lipinski definition) is 1. The van der Waals surface area contributed by atoms with Crippen molar-refractivity contribution in [3.8, 4) is 5.75 Å². The summed E-state index contributed by atoms with van der Waals surface area (Å²) in [5, 5.41) is 9.11. The quantitative estimate of drug-likeness (QED) is 0.835. The van der Waals surface area contributed by atoms with Gasteiger partial charge in [0.25, 0.3) is 0 Å². The molecule has 2 aromatic carbocycles. The molecule has 0 fully saturated rings. The highest BCUT2D eigenvalue weighted by atomic mass is 16.5. The van der Waals surface area contributed by atoms with Crippen molar-refractivity contribution in [1.82, 2.24) is 0 Å². The summed E-state index contributed by atoms with van der Waals surface area (Å²) in [5.41, 5.74) is 1.98. The number of aromatic carboxylic acids is 1. The summed E-state index contributed by atoms with van der Waals surface area (Å²) in [6.45, 7) is 2.58. The lowest BCUT2D eigenvalue weighted by atomic mass is 10.1. The van der Waals surface area contributed by atoms with Crippen molar-refractivity contribution < 1.29 is 14.6 Å². The Morgan fingerprint density at radius 3 is 2.45 bits per heavy atom. The highest BCUT2D eigenvalue weighted by molar-refractivity contribution is 5.93. The zero-order valence-corrected chi connectivity index (χ0v) is 11.2. The lowest BCUT2D eigenvalue weighted by molar-refractivity contribution is 0.0696. The molecule has 0 amide bonds. The van der Waals surface area contributed by atoms with Crippen molar-refractivity contribution in [3.63, 3.8) is 0 Å². The van der Waals surface area contributed by atoms with Gasteiger partial charge in [-0.25, -0.2) is 4.79 Å². The molecule has 0 aliphatic carbocycles. The van der Waals surface area contributed by atoms with Crippen molar-refractivity contribution >= 4 is 18.1 Å². The van der Waals surface area contributed by atoms with Crippen LogP contribution in [-0.4, -0.2) is 17.7 Å². The maximum Gasteiger partial charge on any atom is 0.336 e. The Balaban J connectivity index is 2.19. The van der Waals surface area contributed by atoms with Gasteiger partial charge in [-0.3, -0.25) is 0 Å². The van der Waals surface area contributed by atoms with Crippen LogP contribution >= 0.6 is 0 Å². The zero-order chi connectivity index (χ0) is 14.4. The molecule has 102 valence electrons. The highest BCUT2D eigenvalue weighted by Gasteiger charge is 2.05. The van der Waals surface area contributed by atoms with Gasteiger partial charge in [-0.15, -0.1) is 0 Å². The van der Waals surface area contributed by atoms with Gasteiger partial charge in [0.05, 0.1) is 12.2 Å². The molecule has 1 N–H and O–H groups in total. The average Bonchev–Trinajstić information content (AvgIpc) is 2.47. The van der Waals surface area contributed by atoms with Gasteiger partial charge in [-0.05, 0) is 36.2 Å². The summed E-state index contributed by atoms with van der Waals surface area (Å²) in [6.07, 6.45) is 3.69. The van der Waals surface area contributed by atoms with Crippen molar-refractivity contribution in [2.45, 2.75) is 6.92 Å². The van der Waals surface area contributed by atoms with E-state index in [4.69, 9.17) is 9.84 Å². The number of carboxylic acids is 1. The minimum atomic E-state index is -0.919. The molecule has 0 aliphatic rings. The van der Waals surface area contributed by atoms with Crippen LogP contribution in [0.15, 0.2) is 48.5 Å². The lowest BCUT2D eigenvalue weighted by Crippen LogP contribution is -1.98. The summed E-state index contributed by atoms with van der Waals surface area (Å²) < 4.78 is 5.37. The van der Waals surface area contributed by atoms with E-state index in [1.807, 2.05) is 43.3 Å². The third kappa shape index (κ3) is 3.48. The SMILES string of the molecule is CCOc1ccc(/C=C/c2ccccc2C(=O)O)cc1. The van der Waals surface area contributed by atoms with Crippen LogP contribution in [0.1, 0.15) is 28.4 Å². The standard InChI is InChI=1S/C17H16O3/c1-2-20-15-11-8-13(9-12-15)7-10-14-5-3-4-6-16(14)17(18)19/h3-12H,2H2,1H3,(H,18,19)/b10-7+. The Bertz CT molecular complexity index is 612. The number of rotatable bonds is 5. The predicted molar refractivity (Wildman–Crippen MR) is 79.9 cm³/mol. The number of ether oxygens (including phenoxy) is 1. The summed E-state index contributed by atoms with van der Waals surface area (Å²) >= 11 is 0. The van der Waals surface area contributed by atoms with Crippen molar-refractivity contribution in [2.75, 3.05) is 6.61 Å². The zero-order valence-electron chi connectivity index (χ0n) is 11.2. The molecule has 3 heteroatoms. The third-order valence-corrected chi connectivity index (χ3v) is 2.84. The van der Waals surface area contributed by atoms with E-state index in [1.165, 1.54) is 0 Å². The van der Waals surface area contributed by atoms with E-state index < -0.39 is 5.97 Å². The minimum absolute atomic E-state index is 0.301. The van der Waals surface area contributed by atoms with Gasteiger partial charge in [0, 0.05) is 0 Å². The first-order valence-electron chi connectivity index (χ1n) is 6.44. The van der Waals surface area contributed by atoms with Crippen LogP contribution in [0.5, 0.6) is 5.75 Å². The molecule has 0 aromatic heterocycles. The van der Waals surface area contributed by atoms with Gasteiger partial charge in [-0.2, -0.15) is 0 Å². The van der Waals surface area contributed by atoms with Crippen LogP contribution in [0.3, 0.4) is 0 Å². The Morgan fingerprint density at radius 2 is 1.80 bits per heavy atom. The Kier molecular flexibility index (Phi) is 4.56. The van der Waals surface area contributed by atoms with E-state index in [0.29, 0.717) is 17.7 Å². The Hall–Kier alpha value is -2.55. The molecule has 0 radical (unpaired) electrons. The normalized spacial score (nSPS) is 10.7. The molecule has 2 aromatic rings. The van der Waals surface area contributed by atoms with Crippen LogP contribution < -0.4 is 4.74 Å². The van der Waals surface area contributed by atoms with E-state index in [1.54, 1.807) is 24.3 Å². The predicted octanol–water partition coefficient (Wildman–Crippen LogP) is 3.95. The average molecular weight is 268 g/mol. The van der Waals surface area contributed by atoms with Crippen molar-refractivity contribution in [3.05, 3.63) is 65.2 Å². The number of carbonyl (C=O) groups is 1. The van der Waals surface area contributed by atoms with Crippen LogP contribution in [0, 0.1) is 0 Å². The first kappa shape index (κ1) is 13.9. The monoisotopic (exact) mass is 268 g/mol. The molecular formula is C17H16O3. The van der Waals surface area contributed by atoms with Crippen LogP contribution in [0.25, 0.3) is 12.2 Å². The van der Waals surface area contributed by atoms with Gasteiger partial charge in [-0.1, -0.05) is 42.5 Å². The second-order valence-electron chi connectivity index (χ2n) is 4.23. The smallest absolute Gasteiger partial charge is 0.336 e. The molecule has 2 rings (SSSR count).